The van der Waals surface area contributed by atoms with Crippen molar-refractivity contribution in [1.29, 1.82) is 0 Å². The second-order valence-electron chi connectivity index (χ2n) is 3.80. The lowest BCUT2D eigenvalue weighted by Gasteiger charge is -2.13. The molecule has 0 aliphatic rings. The van der Waals surface area contributed by atoms with Crippen LogP contribution in [0.1, 0.15) is 18.1 Å². The van der Waals surface area contributed by atoms with Crippen molar-refractivity contribution >= 4 is 17.5 Å². The quantitative estimate of drug-likeness (QED) is 0.783. The van der Waals surface area contributed by atoms with Gasteiger partial charge in [-0.25, -0.2) is 0 Å². The monoisotopic (exact) mass is 225 g/mol. The van der Waals surface area contributed by atoms with Crippen LogP contribution in [0.15, 0.2) is 24.3 Å². The van der Waals surface area contributed by atoms with Crippen LogP contribution >= 0.6 is 11.6 Å². The number of benzene rings is 1. The molecule has 82 valence electrons. The Morgan fingerprint density at radius 3 is 2.87 bits per heavy atom. The smallest absolute Gasteiger partial charge is 0.235 e. The van der Waals surface area contributed by atoms with E-state index in [9.17, 15) is 4.79 Å². The highest BCUT2D eigenvalue weighted by atomic mass is 35.5. The van der Waals surface area contributed by atoms with Crippen molar-refractivity contribution in [3.63, 3.8) is 0 Å². The average molecular weight is 226 g/mol. The van der Waals surface area contributed by atoms with Gasteiger partial charge in [-0.2, -0.15) is 0 Å². The summed E-state index contributed by atoms with van der Waals surface area (Å²) < 4.78 is 0. The Bertz CT molecular complexity index is 338. The summed E-state index contributed by atoms with van der Waals surface area (Å²) in [6, 6.07) is 8.41. The molecule has 1 rings (SSSR count). The lowest BCUT2D eigenvalue weighted by atomic mass is 10.1. The van der Waals surface area contributed by atoms with E-state index in [1.165, 1.54) is 11.1 Å². The SMILES string of the molecule is Cc1cccc(CC(C)NC(=O)CCl)c1. The topological polar surface area (TPSA) is 29.1 Å². The van der Waals surface area contributed by atoms with E-state index in [1.807, 2.05) is 13.0 Å². The molecule has 0 radical (unpaired) electrons. The number of halogens is 1. The number of carbonyl (C=O) groups excluding carboxylic acids is 1. The molecule has 0 spiro atoms. The molecule has 0 saturated heterocycles. The Hall–Kier alpha value is -1.02. The van der Waals surface area contributed by atoms with Gasteiger partial charge in [0, 0.05) is 6.04 Å². The zero-order valence-corrected chi connectivity index (χ0v) is 9.84. The third-order valence-corrected chi connectivity index (χ3v) is 2.40. The van der Waals surface area contributed by atoms with E-state index in [0.29, 0.717) is 0 Å². The summed E-state index contributed by atoms with van der Waals surface area (Å²) in [5, 5.41) is 2.83. The molecule has 0 aliphatic heterocycles. The van der Waals surface area contributed by atoms with Gasteiger partial charge in [-0.05, 0) is 25.8 Å². The van der Waals surface area contributed by atoms with Crippen LogP contribution < -0.4 is 5.32 Å². The Morgan fingerprint density at radius 1 is 1.53 bits per heavy atom. The fourth-order valence-corrected chi connectivity index (χ4v) is 1.63. The van der Waals surface area contributed by atoms with E-state index in [2.05, 4.69) is 30.4 Å². The van der Waals surface area contributed by atoms with E-state index in [1.54, 1.807) is 0 Å². The largest absolute Gasteiger partial charge is 0.352 e. The summed E-state index contributed by atoms with van der Waals surface area (Å²) in [5.74, 6) is -0.0881. The maximum absolute atomic E-state index is 11.0. The molecular formula is C12H16ClNO. The normalized spacial score (nSPS) is 12.2. The molecule has 0 fully saturated rings. The minimum absolute atomic E-state index is 0.0259. The molecule has 1 atom stereocenters. The highest BCUT2D eigenvalue weighted by Gasteiger charge is 2.06. The highest BCUT2D eigenvalue weighted by molar-refractivity contribution is 6.27. The molecule has 1 N–H and O–H groups in total. The minimum atomic E-state index is -0.114. The first kappa shape index (κ1) is 12.1. The van der Waals surface area contributed by atoms with Gasteiger partial charge in [-0.15, -0.1) is 11.6 Å². The molecule has 0 aliphatic carbocycles. The number of carbonyl (C=O) groups is 1. The second-order valence-corrected chi connectivity index (χ2v) is 4.06. The highest BCUT2D eigenvalue weighted by Crippen LogP contribution is 2.06. The maximum atomic E-state index is 11.0. The molecular weight excluding hydrogens is 210 g/mol. The zero-order chi connectivity index (χ0) is 11.3. The van der Waals surface area contributed by atoms with Crippen LogP contribution in [0.4, 0.5) is 0 Å². The van der Waals surface area contributed by atoms with Gasteiger partial charge >= 0.3 is 0 Å². The average Bonchev–Trinajstić information content (AvgIpc) is 2.17. The van der Waals surface area contributed by atoms with Crippen LogP contribution in [-0.2, 0) is 11.2 Å². The first-order chi connectivity index (χ1) is 7.11. The van der Waals surface area contributed by atoms with E-state index in [4.69, 9.17) is 11.6 Å². The maximum Gasteiger partial charge on any atom is 0.235 e. The van der Waals surface area contributed by atoms with Gasteiger partial charge in [0.05, 0.1) is 0 Å². The molecule has 1 amide bonds. The van der Waals surface area contributed by atoms with Crippen LogP contribution in [0.5, 0.6) is 0 Å². The number of hydrogen-bond acceptors (Lipinski definition) is 1. The van der Waals surface area contributed by atoms with Crippen molar-refractivity contribution in [3.8, 4) is 0 Å². The molecule has 3 heteroatoms. The number of rotatable bonds is 4. The van der Waals surface area contributed by atoms with Crippen molar-refractivity contribution in [2.24, 2.45) is 0 Å². The molecule has 0 heterocycles. The van der Waals surface area contributed by atoms with Crippen LogP contribution in [0, 0.1) is 6.92 Å². The van der Waals surface area contributed by atoms with Gasteiger partial charge in [0.1, 0.15) is 5.88 Å². The number of nitrogens with one attached hydrogen (secondary N) is 1. The summed E-state index contributed by atoms with van der Waals surface area (Å²) >= 11 is 5.41. The van der Waals surface area contributed by atoms with Crippen molar-refractivity contribution in [2.75, 3.05) is 5.88 Å². The number of alkyl halides is 1. The predicted octanol–water partition coefficient (Wildman–Crippen LogP) is 2.28. The molecule has 1 aromatic carbocycles. The molecule has 0 aromatic heterocycles. The number of amides is 1. The summed E-state index contributed by atoms with van der Waals surface area (Å²) in [6.07, 6.45) is 0.838. The Kier molecular flexibility index (Phi) is 4.63. The predicted molar refractivity (Wildman–Crippen MR) is 63.2 cm³/mol. The van der Waals surface area contributed by atoms with Gasteiger partial charge in [0.2, 0.25) is 5.91 Å². The van der Waals surface area contributed by atoms with Crippen molar-refractivity contribution in [3.05, 3.63) is 35.4 Å². The zero-order valence-electron chi connectivity index (χ0n) is 9.09. The minimum Gasteiger partial charge on any atom is -0.352 e. The number of aryl methyl sites for hydroxylation is 1. The molecule has 1 aromatic rings. The Labute approximate surface area is 95.6 Å². The van der Waals surface area contributed by atoms with Gasteiger partial charge in [0.15, 0.2) is 0 Å². The second kappa shape index (κ2) is 5.76. The fraction of sp³-hybridized carbons (Fsp3) is 0.417. The van der Waals surface area contributed by atoms with E-state index in [0.717, 1.165) is 6.42 Å². The summed E-state index contributed by atoms with van der Waals surface area (Å²) in [5.41, 5.74) is 2.47. The van der Waals surface area contributed by atoms with Gasteiger partial charge in [0.25, 0.3) is 0 Å². The lowest BCUT2D eigenvalue weighted by molar-refractivity contribution is -0.119. The van der Waals surface area contributed by atoms with Crippen molar-refractivity contribution in [1.82, 2.24) is 5.32 Å². The van der Waals surface area contributed by atoms with Crippen LogP contribution in [0.2, 0.25) is 0 Å². The van der Waals surface area contributed by atoms with Crippen LogP contribution in [0.3, 0.4) is 0 Å². The van der Waals surface area contributed by atoms with Gasteiger partial charge in [-0.1, -0.05) is 29.8 Å². The standard InChI is InChI=1S/C12H16ClNO/c1-9-4-3-5-11(6-9)7-10(2)14-12(15)8-13/h3-6,10H,7-8H2,1-2H3,(H,14,15). The van der Waals surface area contributed by atoms with Crippen LogP contribution in [0.25, 0.3) is 0 Å². The van der Waals surface area contributed by atoms with Gasteiger partial charge < -0.3 is 5.32 Å². The molecule has 1 unspecified atom stereocenters. The van der Waals surface area contributed by atoms with Gasteiger partial charge in [-0.3, -0.25) is 4.79 Å². The first-order valence-electron chi connectivity index (χ1n) is 5.02. The third kappa shape index (κ3) is 4.34. The van der Waals surface area contributed by atoms with Crippen molar-refractivity contribution < 1.29 is 4.79 Å². The molecule has 0 saturated carbocycles. The molecule has 2 nitrogen and oxygen atoms in total. The first-order valence-corrected chi connectivity index (χ1v) is 5.56. The molecule has 0 bridgehead atoms. The number of hydrogen-bond donors (Lipinski definition) is 1. The fourth-order valence-electron chi connectivity index (χ4n) is 1.56. The lowest BCUT2D eigenvalue weighted by Crippen LogP contribution is -2.34. The summed E-state index contributed by atoms with van der Waals surface area (Å²) in [4.78, 5) is 11.0. The third-order valence-electron chi connectivity index (χ3n) is 2.15. The molecule has 15 heavy (non-hydrogen) atoms. The Morgan fingerprint density at radius 2 is 2.27 bits per heavy atom. The van der Waals surface area contributed by atoms with Crippen LogP contribution in [-0.4, -0.2) is 17.8 Å². The van der Waals surface area contributed by atoms with E-state index >= 15 is 0 Å². The van der Waals surface area contributed by atoms with Crippen molar-refractivity contribution in [2.45, 2.75) is 26.3 Å². The van der Waals surface area contributed by atoms with E-state index < -0.39 is 0 Å². The Balaban J connectivity index is 2.51. The van der Waals surface area contributed by atoms with E-state index in [-0.39, 0.29) is 17.8 Å². The summed E-state index contributed by atoms with van der Waals surface area (Å²) in [6.45, 7) is 4.04. The summed E-state index contributed by atoms with van der Waals surface area (Å²) in [7, 11) is 0.